The molecule has 6 heteroatoms. The lowest BCUT2D eigenvalue weighted by Crippen LogP contribution is -2.46. The Morgan fingerprint density at radius 2 is 1.79 bits per heavy atom. The molecule has 1 N–H and O–H groups in total. The van der Waals surface area contributed by atoms with Crippen molar-refractivity contribution in [1.29, 1.82) is 0 Å². The molecule has 0 radical (unpaired) electrons. The van der Waals surface area contributed by atoms with Gasteiger partial charge in [0.2, 0.25) is 0 Å². The number of thioether (sulfide) groups is 1. The lowest BCUT2D eigenvalue weighted by Gasteiger charge is -2.34. The Balaban J connectivity index is 1.89. The van der Waals surface area contributed by atoms with E-state index in [0.29, 0.717) is 18.3 Å². The fraction of sp³-hybridized carbons (Fsp3) is 0.846. The molecule has 0 aromatic carbocycles. The minimum atomic E-state index is -0.788. The van der Waals surface area contributed by atoms with Crippen LogP contribution in [0.25, 0.3) is 0 Å². The topological polar surface area (TPSA) is 60.9 Å². The van der Waals surface area contributed by atoms with Crippen molar-refractivity contribution in [2.75, 3.05) is 32.4 Å². The van der Waals surface area contributed by atoms with Crippen molar-refractivity contribution in [1.82, 2.24) is 9.80 Å². The second-order valence-corrected chi connectivity index (χ2v) is 6.67. The molecule has 0 spiro atoms. The van der Waals surface area contributed by atoms with Crippen LogP contribution in [0.4, 0.5) is 4.79 Å². The molecule has 2 amide bonds. The Labute approximate surface area is 118 Å². The summed E-state index contributed by atoms with van der Waals surface area (Å²) in [5, 5.41) is 9.77. The van der Waals surface area contributed by atoms with Crippen molar-refractivity contribution >= 4 is 23.8 Å². The molecule has 2 aliphatic rings. The number of hydrogen-bond acceptors (Lipinski definition) is 3. The van der Waals surface area contributed by atoms with Crippen LogP contribution in [0.5, 0.6) is 0 Å². The molecule has 2 rings (SSSR count). The Bertz CT molecular complexity index is 356. The lowest BCUT2D eigenvalue weighted by molar-refractivity contribution is -0.142. The van der Waals surface area contributed by atoms with Crippen molar-refractivity contribution in [2.24, 2.45) is 11.8 Å². The van der Waals surface area contributed by atoms with Gasteiger partial charge in [-0.05, 0) is 25.0 Å². The first-order valence-corrected chi connectivity index (χ1v) is 8.11. The van der Waals surface area contributed by atoms with Crippen LogP contribution in [0.2, 0.25) is 0 Å². The van der Waals surface area contributed by atoms with Crippen LogP contribution < -0.4 is 0 Å². The van der Waals surface area contributed by atoms with E-state index in [9.17, 15) is 9.59 Å². The zero-order chi connectivity index (χ0) is 14.0. The molecule has 0 aromatic rings. The average molecular weight is 286 g/mol. The summed E-state index contributed by atoms with van der Waals surface area (Å²) in [6.07, 6.45) is 4.19. The van der Waals surface area contributed by atoms with Gasteiger partial charge in [0.1, 0.15) is 0 Å². The molecule has 108 valence electrons. The largest absolute Gasteiger partial charge is 0.481 e. The summed E-state index contributed by atoms with van der Waals surface area (Å²) in [5.74, 6) is -1.15. The molecule has 2 aliphatic heterocycles. The molecule has 19 heavy (non-hydrogen) atoms. The highest BCUT2D eigenvalue weighted by molar-refractivity contribution is 7.99. The van der Waals surface area contributed by atoms with Crippen molar-refractivity contribution in [3.63, 3.8) is 0 Å². The highest BCUT2D eigenvalue weighted by Crippen LogP contribution is 2.26. The second kappa shape index (κ2) is 6.03. The summed E-state index contributed by atoms with van der Waals surface area (Å²) in [4.78, 5) is 27.0. The molecule has 0 aliphatic carbocycles. The Hall–Kier alpha value is -0.910. The number of nitrogens with zero attached hydrogens (tertiary/aromatic N) is 2. The minimum Gasteiger partial charge on any atom is -0.481 e. The maximum atomic E-state index is 12.4. The van der Waals surface area contributed by atoms with E-state index in [4.69, 9.17) is 5.11 Å². The van der Waals surface area contributed by atoms with Crippen LogP contribution in [0.3, 0.4) is 0 Å². The van der Waals surface area contributed by atoms with E-state index in [1.165, 1.54) is 0 Å². The number of rotatable bonds is 2. The maximum Gasteiger partial charge on any atom is 0.320 e. The van der Waals surface area contributed by atoms with Gasteiger partial charge in [-0.1, -0.05) is 6.92 Å². The van der Waals surface area contributed by atoms with Gasteiger partial charge >= 0.3 is 12.0 Å². The first-order chi connectivity index (χ1) is 9.02. The van der Waals surface area contributed by atoms with Crippen LogP contribution in [0, 0.1) is 11.8 Å². The number of carboxylic acid groups (broad SMARTS) is 1. The summed E-state index contributed by atoms with van der Waals surface area (Å²) >= 11 is 1.87. The summed E-state index contributed by atoms with van der Waals surface area (Å²) in [6, 6.07) is 0.0233. The monoisotopic (exact) mass is 286 g/mol. The molecular formula is C13H22N2O3S. The lowest BCUT2D eigenvalue weighted by atomic mass is 9.99. The van der Waals surface area contributed by atoms with Crippen LogP contribution in [-0.4, -0.2) is 64.6 Å². The quantitative estimate of drug-likeness (QED) is 0.837. The van der Waals surface area contributed by atoms with Crippen LogP contribution in [0.1, 0.15) is 19.8 Å². The summed E-state index contributed by atoms with van der Waals surface area (Å²) < 4.78 is 0. The van der Waals surface area contributed by atoms with Crippen LogP contribution in [-0.2, 0) is 4.79 Å². The predicted octanol–water partition coefficient (Wildman–Crippen LogP) is 1.59. The van der Waals surface area contributed by atoms with Gasteiger partial charge < -0.3 is 14.9 Å². The third-order valence-corrected chi connectivity index (χ3v) is 5.38. The number of urea groups is 1. The van der Waals surface area contributed by atoms with E-state index in [1.807, 2.05) is 23.6 Å². The molecule has 5 nitrogen and oxygen atoms in total. The van der Waals surface area contributed by atoms with Crippen LogP contribution >= 0.6 is 11.8 Å². The normalized spacial score (nSPS) is 28.7. The SMILES string of the molecule is CSC1CCN(C(=O)N2CC(C)C(C(=O)O)C2)CC1. The molecule has 2 heterocycles. The van der Waals surface area contributed by atoms with Gasteiger partial charge in [-0.25, -0.2) is 4.79 Å². The Morgan fingerprint density at radius 3 is 2.26 bits per heavy atom. The van der Waals surface area contributed by atoms with Crippen LogP contribution in [0.15, 0.2) is 0 Å². The fourth-order valence-electron chi connectivity index (χ4n) is 2.93. The van der Waals surface area contributed by atoms with Crippen molar-refractivity contribution < 1.29 is 14.7 Å². The van der Waals surface area contributed by atoms with Gasteiger partial charge in [0, 0.05) is 31.4 Å². The van der Waals surface area contributed by atoms with Gasteiger partial charge in [-0.3, -0.25) is 4.79 Å². The van der Waals surface area contributed by atoms with Crippen molar-refractivity contribution in [3.05, 3.63) is 0 Å². The number of hydrogen-bond donors (Lipinski definition) is 1. The van der Waals surface area contributed by atoms with E-state index < -0.39 is 11.9 Å². The first kappa shape index (κ1) is 14.5. The molecule has 2 fully saturated rings. The first-order valence-electron chi connectivity index (χ1n) is 6.82. The minimum absolute atomic E-state index is 0.0233. The van der Waals surface area contributed by atoms with Gasteiger partial charge in [0.25, 0.3) is 0 Å². The number of amides is 2. The zero-order valence-electron chi connectivity index (χ0n) is 11.5. The number of aliphatic carboxylic acids is 1. The smallest absolute Gasteiger partial charge is 0.320 e. The zero-order valence-corrected chi connectivity index (χ0v) is 12.4. The van der Waals surface area contributed by atoms with E-state index >= 15 is 0 Å². The van der Waals surface area contributed by atoms with Gasteiger partial charge in [-0.15, -0.1) is 0 Å². The maximum absolute atomic E-state index is 12.4. The third kappa shape index (κ3) is 3.16. The average Bonchev–Trinajstić information content (AvgIpc) is 2.80. The summed E-state index contributed by atoms with van der Waals surface area (Å²) in [6.45, 7) is 4.43. The van der Waals surface area contributed by atoms with Crippen molar-refractivity contribution in [3.8, 4) is 0 Å². The van der Waals surface area contributed by atoms with E-state index in [2.05, 4.69) is 6.26 Å². The predicted molar refractivity (Wildman–Crippen MR) is 75.4 cm³/mol. The molecule has 0 saturated carbocycles. The van der Waals surface area contributed by atoms with E-state index in [0.717, 1.165) is 25.9 Å². The fourth-order valence-corrected chi connectivity index (χ4v) is 3.61. The molecule has 0 bridgehead atoms. The number of likely N-dealkylation sites (tertiary alicyclic amines) is 2. The number of carbonyl (C=O) groups is 2. The van der Waals surface area contributed by atoms with E-state index in [1.54, 1.807) is 4.90 Å². The highest BCUT2D eigenvalue weighted by Gasteiger charge is 2.38. The molecule has 2 atom stereocenters. The number of piperidine rings is 1. The van der Waals surface area contributed by atoms with Gasteiger partial charge in [-0.2, -0.15) is 11.8 Å². The molecule has 0 aromatic heterocycles. The summed E-state index contributed by atoms with van der Waals surface area (Å²) in [5.41, 5.74) is 0. The Kier molecular flexibility index (Phi) is 4.60. The standard InChI is InChI=1S/C13H22N2O3S/c1-9-7-15(8-11(9)12(16)17)13(18)14-5-3-10(19-2)4-6-14/h9-11H,3-8H2,1-2H3,(H,16,17). The van der Waals surface area contributed by atoms with Gasteiger partial charge in [0.05, 0.1) is 5.92 Å². The van der Waals surface area contributed by atoms with E-state index in [-0.39, 0.29) is 11.9 Å². The molecule has 2 unspecified atom stereocenters. The molecule has 2 saturated heterocycles. The number of carbonyl (C=O) groups excluding carboxylic acids is 1. The van der Waals surface area contributed by atoms with Crippen molar-refractivity contribution in [2.45, 2.75) is 25.0 Å². The summed E-state index contributed by atoms with van der Waals surface area (Å²) in [7, 11) is 0. The number of carboxylic acids is 1. The second-order valence-electron chi connectivity index (χ2n) is 5.53. The highest BCUT2D eigenvalue weighted by atomic mass is 32.2. The molecular weight excluding hydrogens is 264 g/mol. The van der Waals surface area contributed by atoms with Gasteiger partial charge in [0.15, 0.2) is 0 Å². The third-order valence-electron chi connectivity index (χ3n) is 4.25. The Morgan fingerprint density at radius 1 is 1.16 bits per heavy atom.